The van der Waals surface area contributed by atoms with Crippen molar-refractivity contribution in [3.8, 4) is 0 Å². The Morgan fingerprint density at radius 1 is 1.41 bits per heavy atom. The van der Waals surface area contributed by atoms with E-state index in [0.29, 0.717) is 5.56 Å². The first-order valence-corrected chi connectivity index (χ1v) is 9.16. The van der Waals surface area contributed by atoms with Gasteiger partial charge in [-0.1, -0.05) is 0 Å². The Bertz CT molecular complexity index is 869. The second kappa shape index (κ2) is 8.78. The number of aliphatic hydroxyl groups is 1. The normalized spacial score (nSPS) is 22.8. The van der Waals surface area contributed by atoms with Crippen molar-refractivity contribution in [2.75, 3.05) is 6.61 Å². The van der Waals surface area contributed by atoms with E-state index >= 15 is 0 Å². The van der Waals surface area contributed by atoms with Gasteiger partial charge in [0.1, 0.15) is 24.0 Å². The molecule has 0 unspecified atom stereocenters. The van der Waals surface area contributed by atoms with Crippen LogP contribution in [0.15, 0.2) is 15.8 Å². The van der Waals surface area contributed by atoms with Gasteiger partial charge in [-0.2, -0.15) is 0 Å². The van der Waals surface area contributed by atoms with Crippen LogP contribution in [-0.2, 0) is 19.0 Å². The van der Waals surface area contributed by atoms with Gasteiger partial charge in [-0.15, -0.1) is 0 Å². The summed E-state index contributed by atoms with van der Waals surface area (Å²) >= 11 is 0. The maximum Gasteiger partial charge on any atom is 0.408 e. The van der Waals surface area contributed by atoms with E-state index in [9.17, 15) is 24.3 Å². The van der Waals surface area contributed by atoms with Crippen molar-refractivity contribution < 1.29 is 28.9 Å². The van der Waals surface area contributed by atoms with Crippen molar-refractivity contribution in [3.63, 3.8) is 0 Å². The Morgan fingerprint density at radius 2 is 2.07 bits per heavy atom. The first-order valence-electron chi connectivity index (χ1n) is 9.16. The zero-order valence-corrected chi connectivity index (χ0v) is 17.1. The number of ether oxygens (including phenoxy) is 3. The number of nitrogens with one attached hydrogen (secondary N) is 2. The molecule has 0 radical (unpaired) electrons. The summed E-state index contributed by atoms with van der Waals surface area (Å²) in [6.07, 6.45) is -2.01. The molecule has 0 bridgehead atoms. The van der Waals surface area contributed by atoms with Crippen LogP contribution in [0.25, 0.3) is 0 Å². The number of H-pyrrole nitrogens is 1. The number of carbonyl (C=O) groups is 2. The van der Waals surface area contributed by atoms with Crippen molar-refractivity contribution in [2.24, 2.45) is 0 Å². The van der Waals surface area contributed by atoms with E-state index in [1.165, 1.54) is 24.6 Å². The molecule has 4 atom stereocenters. The SMILES string of the molecule is CC(=O)O[C@H]1C[C@H](n2cc(C)c(=O)[nH]c2=O)O[C@@H]1[C@@H](CO)NC(=O)OC(C)(C)C. The molecule has 29 heavy (non-hydrogen) atoms. The van der Waals surface area contributed by atoms with E-state index in [1.54, 1.807) is 20.8 Å². The average Bonchev–Trinajstić information content (AvgIpc) is 2.97. The van der Waals surface area contributed by atoms with Crippen LogP contribution in [0.2, 0.25) is 0 Å². The predicted molar refractivity (Wildman–Crippen MR) is 100 cm³/mol. The lowest BCUT2D eigenvalue weighted by Crippen LogP contribution is -2.51. The van der Waals surface area contributed by atoms with Gasteiger partial charge in [0.05, 0.1) is 12.6 Å². The highest BCUT2D eigenvalue weighted by atomic mass is 16.6. The number of carbonyl (C=O) groups excluding carboxylic acids is 2. The van der Waals surface area contributed by atoms with Crippen LogP contribution in [0.5, 0.6) is 0 Å². The molecule has 1 amide bonds. The van der Waals surface area contributed by atoms with Gasteiger partial charge in [-0.3, -0.25) is 19.1 Å². The molecule has 1 aromatic heterocycles. The molecule has 1 fully saturated rings. The molecule has 1 aliphatic rings. The van der Waals surface area contributed by atoms with Crippen LogP contribution in [0.3, 0.4) is 0 Å². The zero-order chi connectivity index (χ0) is 21.9. The first-order chi connectivity index (χ1) is 13.4. The van der Waals surface area contributed by atoms with Crippen LogP contribution < -0.4 is 16.6 Å². The van der Waals surface area contributed by atoms with Crippen molar-refractivity contribution in [2.45, 2.75) is 71.1 Å². The quantitative estimate of drug-likeness (QED) is 0.569. The number of rotatable bonds is 5. The predicted octanol–water partition coefficient (Wildman–Crippen LogP) is -0.0502. The number of amides is 1. The highest BCUT2D eigenvalue weighted by Crippen LogP contribution is 2.32. The Kier molecular flexibility index (Phi) is 6.85. The molecule has 11 nitrogen and oxygen atoms in total. The Labute approximate surface area is 167 Å². The highest BCUT2D eigenvalue weighted by Gasteiger charge is 2.44. The third kappa shape index (κ3) is 5.91. The van der Waals surface area contributed by atoms with Gasteiger partial charge < -0.3 is 24.6 Å². The number of alkyl carbamates (subject to hydrolysis) is 1. The van der Waals surface area contributed by atoms with Crippen LogP contribution in [0.4, 0.5) is 4.79 Å². The van der Waals surface area contributed by atoms with Crippen molar-refractivity contribution >= 4 is 12.1 Å². The summed E-state index contributed by atoms with van der Waals surface area (Å²) in [4.78, 5) is 49.6. The lowest BCUT2D eigenvalue weighted by Gasteiger charge is -2.28. The summed E-state index contributed by atoms with van der Waals surface area (Å²) in [7, 11) is 0. The molecular formula is C18H27N3O8. The second-order valence-corrected chi connectivity index (χ2v) is 7.85. The van der Waals surface area contributed by atoms with Crippen LogP contribution in [0.1, 0.15) is 45.9 Å². The van der Waals surface area contributed by atoms with E-state index in [1.807, 2.05) is 0 Å². The highest BCUT2D eigenvalue weighted by molar-refractivity contribution is 5.68. The van der Waals surface area contributed by atoms with E-state index < -0.39 is 60.0 Å². The fraction of sp³-hybridized carbons (Fsp3) is 0.667. The van der Waals surface area contributed by atoms with Crippen LogP contribution in [-0.4, -0.2) is 57.2 Å². The smallest absolute Gasteiger partial charge is 0.408 e. The molecule has 2 rings (SSSR count). The summed E-state index contributed by atoms with van der Waals surface area (Å²) < 4.78 is 17.5. The molecule has 1 aromatic rings. The topological polar surface area (TPSA) is 149 Å². The number of hydrogen-bond acceptors (Lipinski definition) is 8. The molecule has 0 saturated carbocycles. The third-order valence-electron chi connectivity index (χ3n) is 4.18. The Balaban J connectivity index is 2.27. The van der Waals surface area contributed by atoms with E-state index in [2.05, 4.69) is 10.3 Å². The largest absolute Gasteiger partial charge is 0.460 e. The molecule has 3 N–H and O–H groups in total. The molecule has 1 saturated heterocycles. The van der Waals surface area contributed by atoms with Crippen molar-refractivity contribution in [1.82, 2.24) is 14.9 Å². The molecule has 0 aromatic carbocycles. The summed E-state index contributed by atoms with van der Waals surface area (Å²) in [6, 6.07) is -0.959. The maximum atomic E-state index is 12.2. The monoisotopic (exact) mass is 413 g/mol. The number of aryl methyl sites for hydroxylation is 1. The van der Waals surface area contributed by atoms with Gasteiger partial charge in [-0.05, 0) is 27.7 Å². The fourth-order valence-corrected chi connectivity index (χ4v) is 3.01. The summed E-state index contributed by atoms with van der Waals surface area (Å²) in [5.74, 6) is -0.580. The minimum atomic E-state index is -0.959. The van der Waals surface area contributed by atoms with Crippen molar-refractivity contribution in [1.29, 1.82) is 0 Å². The van der Waals surface area contributed by atoms with Gasteiger partial charge in [0, 0.05) is 25.1 Å². The number of hydrogen-bond donors (Lipinski definition) is 3. The lowest BCUT2D eigenvalue weighted by atomic mass is 10.1. The Hall–Kier alpha value is -2.66. The molecule has 11 heteroatoms. The maximum absolute atomic E-state index is 12.2. The van der Waals surface area contributed by atoms with Crippen molar-refractivity contribution in [3.05, 3.63) is 32.6 Å². The summed E-state index contributed by atoms with van der Waals surface area (Å²) in [5, 5.41) is 12.3. The standard InChI is InChI=1S/C18H27N3O8/c1-9-7-21(16(25)20-15(9)24)13-6-12(27-10(2)23)14(28-13)11(8-22)19-17(26)29-18(3,4)5/h7,11-14,22H,6,8H2,1-5H3,(H,19,26)(H,20,24,25)/t11-,12+,13-,14-/m1/s1. The minimum absolute atomic E-state index is 0.0855. The van der Waals surface area contributed by atoms with E-state index in [0.717, 1.165) is 0 Å². The van der Waals surface area contributed by atoms with Gasteiger partial charge in [-0.25, -0.2) is 9.59 Å². The van der Waals surface area contributed by atoms with Gasteiger partial charge in [0.15, 0.2) is 0 Å². The number of aromatic nitrogens is 2. The molecule has 0 aliphatic carbocycles. The molecular weight excluding hydrogens is 386 g/mol. The Morgan fingerprint density at radius 3 is 2.62 bits per heavy atom. The lowest BCUT2D eigenvalue weighted by molar-refractivity contribution is -0.150. The molecule has 2 heterocycles. The zero-order valence-electron chi connectivity index (χ0n) is 17.1. The van der Waals surface area contributed by atoms with Crippen LogP contribution in [0, 0.1) is 6.92 Å². The summed E-state index contributed by atoms with van der Waals surface area (Å²) in [6.45, 7) is 7.30. The second-order valence-electron chi connectivity index (χ2n) is 7.85. The van der Waals surface area contributed by atoms with E-state index in [-0.39, 0.29) is 6.42 Å². The average molecular weight is 413 g/mol. The first kappa shape index (κ1) is 22.6. The number of esters is 1. The van der Waals surface area contributed by atoms with Gasteiger partial charge in [0.2, 0.25) is 0 Å². The van der Waals surface area contributed by atoms with Gasteiger partial charge in [0.25, 0.3) is 5.56 Å². The van der Waals surface area contributed by atoms with Gasteiger partial charge >= 0.3 is 17.8 Å². The van der Waals surface area contributed by atoms with Crippen LogP contribution >= 0.6 is 0 Å². The number of aromatic amines is 1. The minimum Gasteiger partial charge on any atom is -0.460 e. The molecule has 1 aliphatic heterocycles. The fourth-order valence-electron chi connectivity index (χ4n) is 3.01. The molecule has 0 spiro atoms. The third-order valence-corrected chi connectivity index (χ3v) is 4.18. The number of nitrogens with zero attached hydrogens (tertiary/aromatic N) is 1. The van der Waals surface area contributed by atoms with E-state index in [4.69, 9.17) is 14.2 Å². The number of aliphatic hydroxyl groups excluding tert-OH is 1. The summed E-state index contributed by atoms with van der Waals surface area (Å²) in [5.41, 5.74) is -1.66. The molecule has 162 valence electrons.